The molecule has 102 valence electrons. The number of carbonyl (C=O) groups excluding carboxylic acids is 2. The standard InChI is InChI=1S/C13H18N4O2/c14-13(19)17-11-5-3-10(4-6-11)16-12(18)9-2-1-7-15-8-9/h3-6,9,15H,1-2,7-8H2,(H,16,18)(H3,14,17,19). The van der Waals surface area contributed by atoms with E-state index in [1.54, 1.807) is 24.3 Å². The zero-order valence-electron chi connectivity index (χ0n) is 10.6. The maximum atomic E-state index is 12.0. The number of carbonyl (C=O) groups is 2. The summed E-state index contributed by atoms with van der Waals surface area (Å²) in [5.41, 5.74) is 6.33. The van der Waals surface area contributed by atoms with Crippen LogP contribution in [0.1, 0.15) is 12.8 Å². The smallest absolute Gasteiger partial charge is 0.316 e. The van der Waals surface area contributed by atoms with E-state index in [1.165, 1.54) is 0 Å². The molecule has 6 nitrogen and oxygen atoms in total. The van der Waals surface area contributed by atoms with Crippen LogP contribution < -0.4 is 21.7 Å². The van der Waals surface area contributed by atoms with Crippen LogP contribution in [-0.4, -0.2) is 25.0 Å². The van der Waals surface area contributed by atoms with Gasteiger partial charge in [-0.05, 0) is 43.7 Å². The number of rotatable bonds is 3. The molecule has 0 bridgehead atoms. The molecule has 5 N–H and O–H groups in total. The number of nitrogens with one attached hydrogen (secondary N) is 3. The van der Waals surface area contributed by atoms with Crippen molar-refractivity contribution in [3.05, 3.63) is 24.3 Å². The fraction of sp³-hybridized carbons (Fsp3) is 0.385. The largest absolute Gasteiger partial charge is 0.351 e. The molecular weight excluding hydrogens is 244 g/mol. The Morgan fingerprint density at radius 2 is 1.79 bits per heavy atom. The molecule has 1 aliphatic heterocycles. The molecule has 19 heavy (non-hydrogen) atoms. The summed E-state index contributed by atoms with van der Waals surface area (Å²) in [6.45, 7) is 1.71. The predicted octanol–water partition coefficient (Wildman–Crippen LogP) is 1.12. The first-order valence-electron chi connectivity index (χ1n) is 6.33. The monoisotopic (exact) mass is 262 g/mol. The molecule has 0 aromatic heterocycles. The van der Waals surface area contributed by atoms with Gasteiger partial charge in [-0.3, -0.25) is 4.79 Å². The molecule has 1 atom stereocenters. The van der Waals surface area contributed by atoms with Gasteiger partial charge in [0.15, 0.2) is 0 Å². The Bertz CT molecular complexity index is 452. The van der Waals surface area contributed by atoms with Gasteiger partial charge < -0.3 is 21.7 Å². The van der Waals surface area contributed by atoms with Crippen LogP contribution in [0.15, 0.2) is 24.3 Å². The SMILES string of the molecule is NC(=O)Nc1ccc(NC(=O)C2CCCNC2)cc1. The maximum Gasteiger partial charge on any atom is 0.316 e. The average molecular weight is 262 g/mol. The maximum absolute atomic E-state index is 12.0. The lowest BCUT2D eigenvalue weighted by Gasteiger charge is -2.21. The van der Waals surface area contributed by atoms with Crippen LogP contribution >= 0.6 is 0 Å². The summed E-state index contributed by atoms with van der Waals surface area (Å²) in [5, 5.41) is 8.54. The third-order valence-electron chi connectivity index (χ3n) is 3.09. The fourth-order valence-electron chi connectivity index (χ4n) is 2.10. The highest BCUT2D eigenvalue weighted by molar-refractivity contribution is 5.93. The van der Waals surface area contributed by atoms with E-state index >= 15 is 0 Å². The summed E-state index contributed by atoms with van der Waals surface area (Å²) in [5.74, 6) is 0.0555. The van der Waals surface area contributed by atoms with E-state index in [0.29, 0.717) is 11.4 Å². The van der Waals surface area contributed by atoms with E-state index in [4.69, 9.17) is 5.73 Å². The number of anilines is 2. The Labute approximate surface area is 111 Å². The highest BCUT2D eigenvalue weighted by Crippen LogP contribution is 2.16. The molecule has 1 aliphatic rings. The van der Waals surface area contributed by atoms with Crippen LogP contribution in [-0.2, 0) is 4.79 Å². The van der Waals surface area contributed by atoms with Crippen LogP contribution in [0.3, 0.4) is 0 Å². The molecule has 0 spiro atoms. The van der Waals surface area contributed by atoms with Gasteiger partial charge in [-0.15, -0.1) is 0 Å². The summed E-state index contributed by atoms with van der Waals surface area (Å²) in [6.07, 6.45) is 1.94. The Kier molecular flexibility index (Phi) is 4.35. The topological polar surface area (TPSA) is 96.2 Å². The van der Waals surface area contributed by atoms with Crippen molar-refractivity contribution in [1.29, 1.82) is 0 Å². The molecule has 1 heterocycles. The lowest BCUT2D eigenvalue weighted by molar-refractivity contribution is -0.120. The first-order valence-corrected chi connectivity index (χ1v) is 6.33. The number of urea groups is 1. The van der Waals surface area contributed by atoms with Crippen molar-refractivity contribution in [2.45, 2.75) is 12.8 Å². The van der Waals surface area contributed by atoms with Gasteiger partial charge in [0.1, 0.15) is 0 Å². The molecule has 2 rings (SSSR count). The van der Waals surface area contributed by atoms with Crippen LogP contribution in [0.25, 0.3) is 0 Å². The van der Waals surface area contributed by atoms with Crippen molar-refractivity contribution in [3.8, 4) is 0 Å². The van der Waals surface area contributed by atoms with Crippen LogP contribution in [0.5, 0.6) is 0 Å². The fourth-order valence-corrected chi connectivity index (χ4v) is 2.10. The summed E-state index contributed by atoms with van der Waals surface area (Å²) >= 11 is 0. The van der Waals surface area contributed by atoms with Gasteiger partial charge in [0.25, 0.3) is 0 Å². The van der Waals surface area contributed by atoms with E-state index in [0.717, 1.165) is 25.9 Å². The molecule has 6 heteroatoms. The Morgan fingerprint density at radius 1 is 1.16 bits per heavy atom. The summed E-state index contributed by atoms with van der Waals surface area (Å²) in [6, 6.07) is 6.25. The van der Waals surface area contributed by atoms with E-state index < -0.39 is 6.03 Å². The second-order valence-electron chi connectivity index (χ2n) is 4.60. The molecule has 0 aliphatic carbocycles. The minimum atomic E-state index is -0.606. The first-order chi connectivity index (χ1) is 9.15. The number of hydrogen-bond donors (Lipinski definition) is 4. The summed E-state index contributed by atoms with van der Waals surface area (Å²) < 4.78 is 0. The quantitative estimate of drug-likeness (QED) is 0.657. The highest BCUT2D eigenvalue weighted by Gasteiger charge is 2.20. The second-order valence-corrected chi connectivity index (χ2v) is 4.60. The van der Waals surface area contributed by atoms with Crippen molar-refractivity contribution < 1.29 is 9.59 Å². The molecular formula is C13H18N4O2. The zero-order chi connectivity index (χ0) is 13.7. The number of amides is 3. The third kappa shape index (κ3) is 3.96. The van der Waals surface area contributed by atoms with Gasteiger partial charge in [0.2, 0.25) is 5.91 Å². The van der Waals surface area contributed by atoms with Gasteiger partial charge in [0.05, 0.1) is 5.92 Å². The number of piperidine rings is 1. The molecule has 1 fully saturated rings. The average Bonchev–Trinajstić information content (AvgIpc) is 2.41. The molecule has 1 aromatic rings. The van der Waals surface area contributed by atoms with Gasteiger partial charge in [-0.2, -0.15) is 0 Å². The van der Waals surface area contributed by atoms with Gasteiger partial charge >= 0.3 is 6.03 Å². The summed E-state index contributed by atoms with van der Waals surface area (Å²) in [4.78, 5) is 22.7. The molecule has 0 saturated carbocycles. The molecule has 3 amide bonds. The number of nitrogens with two attached hydrogens (primary N) is 1. The van der Waals surface area contributed by atoms with E-state index in [-0.39, 0.29) is 11.8 Å². The molecule has 1 unspecified atom stereocenters. The Hall–Kier alpha value is -2.08. The second kappa shape index (κ2) is 6.19. The lowest BCUT2D eigenvalue weighted by atomic mass is 9.99. The molecule has 0 radical (unpaired) electrons. The normalized spacial score (nSPS) is 18.6. The first kappa shape index (κ1) is 13.4. The predicted molar refractivity (Wildman–Crippen MR) is 73.9 cm³/mol. The minimum absolute atomic E-state index is 0.0252. The van der Waals surface area contributed by atoms with Crippen molar-refractivity contribution in [2.24, 2.45) is 11.7 Å². The van der Waals surface area contributed by atoms with Crippen molar-refractivity contribution >= 4 is 23.3 Å². The molecule has 1 saturated heterocycles. The zero-order valence-corrected chi connectivity index (χ0v) is 10.6. The van der Waals surface area contributed by atoms with Gasteiger partial charge in [0, 0.05) is 17.9 Å². The van der Waals surface area contributed by atoms with E-state index in [2.05, 4.69) is 16.0 Å². The Balaban J connectivity index is 1.91. The number of benzene rings is 1. The van der Waals surface area contributed by atoms with Crippen molar-refractivity contribution in [3.63, 3.8) is 0 Å². The van der Waals surface area contributed by atoms with Gasteiger partial charge in [-0.25, -0.2) is 4.79 Å². The minimum Gasteiger partial charge on any atom is -0.351 e. The third-order valence-corrected chi connectivity index (χ3v) is 3.09. The number of primary amides is 1. The van der Waals surface area contributed by atoms with Crippen molar-refractivity contribution in [2.75, 3.05) is 23.7 Å². The van der Waals surface area contributed by atoms with E-state index in [1.807, 2.05) is 0 Å². The van der Waals surface area contributed by atoms with Crippen LogP contribution in [0.4, 0.5) is 16.2 Å². The highest BCUT2D eigenvalue weighted by atomic mass is 16.2. The Morgan fingerprint density at radius 3 is 2.32 bits per heavy atom. The van der Waals surface area contributed by atoms with E-state index in [9.17, 15) is 9.59 Å². The lowest BCUT2D eigenvalue weighted by Crippen LogP contribution is -2.37. The summed E-state index contributed by atoms with van der Waals surface area (Å²) in [7, 11) is 0. The molecule has 1 aromatic carbocycles. The van der Waals surface area contributed by atoms with Crippen LogP contribution in [0.2, 0.25) is 0 Å². The van der Waals surface area contributed by atoms with Crippen LogP contribution in [0, 0.1) is 5.92 Å². The number of hydrogen-bond acceptors (Lipinski definition) is 3. The van der Waals surface area contributed by atoms with Gasteiger partial charge in [-0.1, -0.05) is 0 Å². The van der Waals surface area contributed by atoms with Crippen molar-refractivity contribution in [1.82, 2.24) is 5.32 Å².